The molecule has 7 nitrogen and oxygen atoms in total. The molecular weight excluding hydrogens is 360 g/mol. The van der Waals surface area contributed by atoms with Crippen LogP contribution in [0.2, 0.25) is 0 Å². The van der Waals surface area contributed by atoms with Crippen LogP contribution in [0.15, 0.2) is 27.7 Å². The van der Waals surface area contributed by atoms with E-state index in [0.29, 0.717) is 5.69 Å². The van der Waals surface area contributed by atoms with E-state index in [1.165, 1.54) is 6.42 Å². The Morgan fingerprint density at radius 2 is 2.04 bits per heavy atom. The standard InChI is InChI=1S/C15H21BrN6O/c1-10-9-11(16)5-6-12(10)19-15(23)21-13(17)20-14(18)22-7-3-2-4-8-22/h5-6,9H,2-4,7-8H2,1H3,(H5,17,18,19,20,21,23). The first-order valence-corrected chi connectivity index (χ1v) is 8.27. The molecule has 5 N–H and O–H groups in total. The number of aryl methyl sites for hydroxylation is 1. The van der Waals surface area contributed by atoms with Crippen molar-refractivity contribution in [2.45, 2.75) is 26.2 Å². The van der Waals surface area contributed by atoms with E-state index in [9.17, 15) is 4.79 Å². The molecule has 1 saturated heterocycles. The van der Waals surface area contributed by atoms with Crippen molar-refractivity contribution in [1.82, 2.24) is 10.2 Å². The van der Waals surface area contributed by atoms with Crippen molar-refractivity contribution in [3.05, 3.63) is 28.2 Å². The van der Waals surface area contributed by atoms with Crippen LogP contribution in [0.4, 0.5) is 10.5 Å². The zero-order chi connectivity index (χ0) is 16.8. The van der Waals surface area contributed by atoms with Gasteiger partial charge in [-0.05, 0) is 49.9 Å². The van der Waals surface area contributed by atoms with Gasteiger partial charge >= 0.3 is 6.03 Å². The summed E-state index contributed by atoms with van der Waals surface area (Å²) >= 11 is 3.37. The minimum atomic E-state index is -0.483. The van der Waals surface area contributed by atoms with Gasteiger partial charge in [-0.1, -0.05) is 15.9 Å². The number of anilines is 1. The Labute approximate surface area is 144 Å². The van der Waals surface area contributed by atoms with Crippen molar-refractivity contribution in [1.29, 1.82) is 5.41 Å². The number of halogens is 1. The fourth-order valence-electron chi connectivity index (χ4n) is 2.36. The average molecular weight is 381 g/mol. The predicted molar refractivity (Wildman–Crippen MR) is 95.8 cm³/mol. The lowest BCUT2D eigenvalue weighted by atomic mass is 10.1. The van der Waals surface area contributed by atoms with Crippen LogP contribution in [-0.4, -0.2) is 35.9 Å². The molecule has 23 heavy (non-hydrogen) atoms. The Hall–Kier alpha value is -2.09. The lowest BCUT2D eigenvalue weighted by Gasteiger charge is -2.26. The smallest absolute Gasteiger partial charge is 0.326 e. The van der Waals surface area contributed by atoms with Gasteiger partial charge in [0.15, 0.2) is 0 Å². The van der Waals surface area contributed by atoms with Gasteiger partial charge in [-0.25, -0.2) is 4.79 Å². The lowest BCUT2D eigenvalue weighted by molar-refractivity contribution is 0.256. The second-order valence-electron chi connectivity index (χ2n) is 5.41. The molecule has 8 heteroatoms. The average Bonchev–Trinajstić information content (AvgIpc) is 2.50. The van der Waals surface area contributed by atoms with Crippen LogP contribution < -0.4 is 16.4 Å². The van der Waals surface area contributed by atoms with Crippen molar-refractivity contribution in [2.24, 2.45) is 10.7 Å². The number of carbonyl (C=O) groups excluding carboxylic acids is 1. The van der Waals surface area contributed by atoms with Gasteiger partial charge in [-0.15, -0.1) is 0 Å². The highest BCUT2D eigenvalue weighted by Crippen LogP contribution is 2.19. The summed E-state index contributed by atoms with van der Waals surface area (Å²) in [6, 6.07) is 5.05. The number of nitrogens with zero attached hydrogens (tertiary/aromatic N) is 2. The minimum absolute atomic E-state index is 0.0855. The quantitative estimate of drug-likeness (QED) is 0.444. The molecule has 2 rings (SSSR count). The third-order valence-corrected chi connectivity index (χ3v) is 4.05. The molecule has 0 saturated carbocycles. The Morgan fingerprint density at radius 1 is 1.35 bits per heavy atom. The summed E-state index contributed by atoms with van der Waals surface area (Å²) < 4.78 is 0.942. The highest BCUT2D eigenvalue weighted by Gasteiger charge is 2.14. The number of hydrogen-bond donors (Lipinski definition) is 4. The summed E-state index contributed by atoms with van der Waals surface area (Å²) in [7, 11) is 0. The minimum Gasteiger partial charge on any atom is -0.369 e. The molecule has 1 aliphatic heterocycles. The summed E-state index contributed by atoms with van der Waals surface area (Å²) in [5.74, 6) is -0.00448. The molecular formula is C15H21BrN6O. The topological polar surface area (TPSA) is 107 Å². The SMILES string of the molecule is Cc1cc(Br)ccc1NC(=O)N/C(N)=N/C(=N)N1CCCCC1. The van der Waals surface area contributed by atoms with E-state index in [4.69, 9.17) is 11.1 Å². The van der Waals surface area contributed by atoms with Crippen LogP contribution >= 0.6 is 15.9 Å². The normalized spacial score (nSPS) is 15.2. The fraction of sp³-hybridized carbons (Fsp3) is 0.400. The van der Waals surface area contributed by atoms with Gasteiger partial charge in [0.2, 0.25) is 11.9 Å². The Bertz CT molecular complexity index is 624. The number of nitrogens with two attached hydrogens (primary N) is 1. The van der Waals surface area contributed by atoms with Gasteiger partial charge in [-0.3, -0.25) is 10.7 Å². The molecule has 124 valence electrons. The Kier molecular flexibility index (Phi) is 5.97. The van der Waals surface area contributed by atoms with Crippen LogP contribution in [0, 0.1) is 12.3 Å². The molecule has 0 unspecified atom stereocenters. The fourth-order valence-corrected chi connectivity index (χ4v) is 2.83. The third-order valence-electron chi connectivity index (χ3n) is 3.56. The largest absolute Gasteiger partial charge is 0.369 e. The van der Waals surface area contributed by atoms with Gasteiger partial charge in [0, 0.05) is 23.2 Å². The van der Waals surface area contributed by atoms with E-state index in [2.05, 4.69) is 31.6 Å². The highest BCUT2D eigenvalue weighted by atomic mass is 79.9. The molecule has 2 amide bonds. The zero-order valence-electron chi connectivity index (χ0n) is 13.0. The molecule has 1 aliphatic rings. The molecule has 1 fully saturated rings. The first kappa shape index (κ1) is 17.3. The number of urea groups is 1. The maximum absolute atomic E-state index is 11.9. The van der Waals surface area contributed by atoms with Gasteiger partial charge in [0.05, 0.1) is 0 Å². The monoisotopic (exact) mass is 380 g/mol. The number of carbonyl (C=O) groups is 1. The van der Waals surface area contributed by atoms with Crippen molar-refractivity contribution in [2.75, 3.05) is 18.4 Å². The number of hydrogen-bond acceptors (Lipinski definition) is 2. The molecule has 1 aromatic rings. The maximum atomic E-state index is 11.9. The number of guanidine groups is 2. The summed E-state index contributed by atoms with van der Waals surface area (Å²) in [4.78, 5) is 17.7. The van der Waals surface area contributed by atoms with Crippen molar-refractivity contribution in [3.63, 3.8) is 0 Å². The number of piperidine rings is 1. The number of benzene rings is 1. The Morgan fingerprint density at radius 3 is 2.70 bits per heavy atom. The molecule has 0 spiro atoms. The number of amides is 2. The molecule has 1 heterocycles. The van der Waals surface area contributed by atoms with Crippen LogP contribution in [0.25, 0.3) is 0 Å². The summed E-state index contributed by atoms with van der Waals surface area (Å²) in [6.07, 6.45) is 3.28. The zero-order valence-corrected chi connectivity index (χ0v) is 14.6. The van der Waals surface area contributed by atoms with E-state index in [0.717, 1.165) is 36.0 Å². The van der Waals surface area contributed by atoms with E-state index in [-0.39, 0.29) is 11.9 Å². The second-order valence-corrected chi connectivity index (χ2v) is 6.32. The van der Waals surface area contributed by atoms with Crippen molar-refractivity contribution in [3.8, 4) is 0 Å². The van der Waals surface area contributed by atoms with Crippen LogP contribution in [0.3, 0.4) is 0 Å². The molecule has 0 aliphatic carbocycles. The van der Waals surface area contributed by atoms with E-state index < -0.39 is 6.03 Å². The van der Waals surface area contributed by atoms with Gasteiger partial charge in [-0.2, -0.15) is 4.99 Å². The first-order valence-electron chi connectivity index (χ1n) is 7.47. The van der Waals surface area contributed by atoms with Crippen molar-refractivity contribution >= 4 is 39.6 Å². The first-order chi connectivity index (χ1) is 11.0. The molecule has 0 atom stereocenters. The second kappa shape index (κ2) is 7.96. The predicted octanol–water partition coefficient (Wildman–Crippen LogP) is 2.61. The lowest BCUT2D eigenvalue weighted by Crippen LogP contribution is -2.42. The third kappa shape index (κ3) is 5.24. The van der Waals surface area contributed by atoms with Gasteiger partial charge < -0.3 is 16.0 Å². The van der Waals surface area contributed by atoms with E-state index in [1.807, 2.05) is 24.0 Å². The molecule has 1 aromatic carbocycles. The summed E-state index contributed by atoms with van der Waals surface area (Å²) in [5, 5.41) is 13.1. The highest BCUT2D eigenvalue weighted by molar-refractivity contribution is 9.10. The molecule has 0 radical (unpaired) electrons. The van der Waals surface area contributed by atoms with Crippen LogP contribution in [0.5, 0.6) is 0 Å². The van der Waals surface area contributed by atoms with Crippen molar-refractivity contribution < 1.29 is 4.79 Å². The van der Waals surface area contributed by atoms with Crippen LogP contribution in [-0.2, 0) is 0 Å². The number of rotatable bonds is 1. The summed E-state index contributed by atoms with van der Waals surface area (Å²) in [5.41, 5.74) is 7.31. The number of nitrogens with one attached hydrogen (secondary N) is 3. The van der Waals surface area contributed by atoms with Gasteiger partial charge in [0.1, 0.15) is 0 Å². The molecule has 0 bridgehead atoms. The number of aliphatic imine (C=N–C) groups is 1. The van der Waals surface area contributed by atoms with Gasteiger partial charge in [0.25, 0.3) is 0 Å². The summed E-state index contributed by atoms with van der Waals surface area (Å²) in [6.45, 7) is 3.50. The van der Waals surface area contributed by atoms with E-state index in [1.54, 1.807) is 6.07 Å². The molecule has 0 aromatic heterocycles. The number of likely N-dealkylation sites (tertiary alicyclic amines) is 1. The van der Waals surface area contributed by atoms with Crippen LogP contribution in [0.1, 0.15) is 24.8 Å². The van der Waals surface area contributed by atoms with E-state index >= 15 is 0 Å². The maximum Gasteiger partial charge on any atom is 0.326 e. The Balaban J connectivity index is 1.90.